The highest BCUT2D eigenvalue weighted by molar-refractivity contribution is 5.86. The molecule has 82 valence electrons. The number of ether oxygens (including phenoxy) is 1. The molecule has 0 aromatic rings. The summed E-state index contributed by atoms with van der Waals surface area (Å²) in [5.41, 5.74) is 5.36. The van der Waals surface area contributed by atoms with E-state index in [9.17, 15) is 4.79 Å². The Morgan fingerprint density at radius 3 is 2.71 bits per heavy atom. The molecule has 0 saturated heterocycles. The molecule has 0 atom stereocenters. The summed E-state index contributed by atoms with van der Waals surface area (Å²) in [5, 5.41) is 2.81. The molecule has 0 bridgehead atoms. The SMILES string of the molecule is CCOCCNC(=O)C1(N)CCCC1. The van der Waals surface area contributed by atoms with Crippen molar-refractivity contribution in [1.82, 2.24) is 5.32 Å². The summed E-state index contributed by atoms with van der Waals surface area (Å²) in [4.78, 5) is 11.6. The van der Waals surface area contributed by atoms with Gasteiger partial charge in [0.05, 0.1) is 12.1 Å². The van der Waals surface area contributed by atoms with Crippen LogP contribution in [0, 0.1) is 0 Å². The van der Waals surface area contributed by atoms with E-state index in [4.69, 9.17) is 10.5 Å². The predicted octanol–water partition coefficient (Wildman–Crippen LogP) is 0.411. The van der Waals surface area contributed by atoms with Crippen LogP contribution in [-0.2, 0) is 9.53 Å². The first-order valence-corrected chi connectivity index (χ1v) is 5.34. The van der Waals surface area contributed by atoms with Crippen LogP contribution in [0.1, 0.15) is 32.6 Å². The number of nitrogens with one attached hydrogen (secondary N) is 1. The van der Waals surface area contributed by atoms with Crippen LogP contribution in [0.2, 0.25) is 0 Å². The average molecular weight is 200 g/mol. The Morgan fingerprint density at radius 2 is 2.14 bits per heavy atom. The van der Waals surface area contributed by atoms with Crippen LogP contribution >= 0.6 is 0 Å². The lowest BCUT2D eigenvalue weighted by Gasteiger charge is -2.22. The lowest BCUT2D eigenvalue weighted by Crippen LogP contribution is -2.52. The summed E-state index contributed by atoms with van der Waals surface area (Å²) in [6, 6.07) is 0. The van der Waals surface area contributed by atoms with E-state index in [1.54, 1.807) is 0 Å². The molecule has 3 N–H and O–H groups in total. The number of hydrogen-bond donors (Lipinski definition) is 2. The Hall–Kier alpha value is -0.610. The quantitative estimate of drug-likeness (QED) is 0.632. The van der Waals surface area contributed by atoms with Gasteiger partial charge >= 0.3 is 0 Å². The van der Waals surface area contributed by atoms with Crippen molar-refractivity contribution < 1.29 is 9.53 Å². The first-order valence-electron chi connectivity index (χ1n) is 5.34. The average Bonchev–Trinajstić information content (AvgIpc) is 2.61. The molecule has 4 nitrogen and oxygen atoms in total. The molecule has 0 spiro atoms. The molecule has 0 aromatic heterocycles. The summed E-state index contributed by atoms with van der Waals surface area (Å²) >= 11 is 0. The van der Waals surface area contributed by atoms with Crippen molar-refractivity contribution in [3.63, 3.8) is 0 Å². The highest BCUT2D eigenvalue weighted by Crippen LogP contribution is 2.26. The topological polar surface area (TPSA) is 64.3 Å². The van der Waals surface area contributed by atoms with Crippen LogP contribution in [0.5, 0.6) is 0 Å². The molecule has 0 aliphatic heterocycles. The highest BCUT2D eigenvalue weighted by atomic mass is 16.5. The largest absolute Gasteiger partial charge is 0.380 e. The van der Waals surface area contributed by atoms with Gasteiger partial charge in [-0.1, -0.05) is 12.8 Å². The molecule has 0 aromatic carbocycles. The minimum absolute atomic E-state index is 0.0188. The van der Waals surface area contributed by atoms with Gasteiger partial charge in [0.15, 0.2) is 0 Å². The van der Waals surface area contributed by atoms with Crippen LogP contribution in [0.4, 0.5) is 0 Å². The number of nitrogens with two attached hydrogens (primary N) is 1. The predicted molar refractivity (Wildman–Crippen MR) is 54.9 cm³/mol. The van der Waals surface area contributed by atoms with Crippen LogP contribution in [-0.4, -0.2) is 31.2 Å². The van der Waals surface area contributed by atoms with E-state index in [-0.39, 0.29) is 5.91 Å². The second-order valence-corrected chi connectivity index (χ2v) is 3.82. The molecule has 14 heavy (non-hydrogen) atoms. The second kappa shape index (κ2) is 5.32. The number of hydrogen-bond acceptors (Lipinski definition) is 3. The standard InChI is InChI=1S/C10H20N2O2/c1-2-14-8-7-12-9(13)10(11)5-3-4-6-10/h2-8,11H2,1H3,(H,12,13). The van der Waals surface area contributed by atoms with E-state index in [2.05, 4.69) is 5.32 Å². The minimum atomic E-state index is -0.605. The van der Waals surface area contributed by atoms with E-state index in [0.29, 0.717) is 19.8 Å². The van der Waals surface area contributed by atoms with Gasteiger partial charge in [-0.2, -0.15) is 0 Å². The third-order valence-electron chi connectivity index (χ3n) is 2.68. The maximum absolute atomic E-state index is 11.6. The monoisotopic (exact) mass is 200 g/mol. The van der Waals surface area contributed by atoms with Gasteiger partial charge in [0.25, 0.3) is 0 Å². The van der Waals surface area contributed by atoms with Crippen molar-refractivity contribution >= 4 is 5.91 Å². The zero-order chi connectivity index (χ0) is 10.4. The van der Waals surface area contributed by atoms with Crippen LogP contribution in [0.3, 0.4) is 0 Å². The molecule has 1 aliphatic carbocycles. The Labute approximate surface area is 85.2 Å². The Bertz CT molecular complexity index is 189. The highest BCUT2D eigenvalue weighted by Gasteiger charge is 2.36. The fourth-order valence-electron chi connectivity index (χ4n) is 1.79. The maximum atomic E-state index is 11.6. The zero-order valence-corrected chi connectivity index (χ0v) is 8.84. The van der Waals surface area contributed by atoms with Crippen molar-refractivity contribution in [2.75, 3.05) is 19.8 Å². The summed E-state index contributed by atoms with van der Waals surface area (Å²) in [7, 11) is 0. The van der Waals surface area contributed by atoms with Crippen molar-refractivity contribution in [3.8, 4) is 0 Å². The number of amides is 1. The van der Waals surface area contributed by atoms with Crippen LogP contribution < -0.4 is 11.1 Å². The molecule has 0 radical (unpaired) electrons. The molecule has 1 aliphatic rings. The van der Waals surface area contributed by atoms with E-state index in [1.807, 2.05) is 6.92 Å². The lowest BCUT2D eigenvalue weighted by atomic mass is 9.98. The normalized spacial score (nSPS) is 19.6. The fraction of sp³-hybridized carbons (Fsp3) is 0.900. The summed E-state index contributed by atoms with van der Waals surface area (Å²) in [6.45, 7) is 3.75. The van der Waals surface area contributed by atoms with E-state index < -0.39 is 5.54 Å². The van der Waals surface area contributed by atoms with Crippen LogP contribution in [0.15, 0.2) is 0 Å². The van der Waals surface area contributed by atoms with Gasteiger partial charge in [-0.05, 0) is 19.8 Å². The Morgan fingerprint density at radius 1 is 1.50 bits per heavy atom. The first kappa shape index (κ1) is 11.5. The van der Waals surface area contributed by atoms with Gasteiger partial charge < -0.3 is 15.8 Å². The van der Waals surface area contributed by atoms with Gasteiger partial charge in [-0.25, -0.2) is 0 Å². The Kier molecular flexibility index (Phi) is 4.35. The lowest BCUT2D eigenvalue weighted by molar-refractivity contribution is -0.126. The second-order valence-electron chi connectivity index (χ2n) is 3.82. The van der Waals surface area contributed by atoms with E-state index in [0.717, 1.165) is 25.7 Å². The van der Waals surface area contributed by atoms with Gasteiger partial charge in [0.1, 0.15) is 0 Å². The molecule has 0 unspecified atom stereocenters. The van der Waals surface area contributed by atoms with Crippen molar-refractivity contribution in [3.05, 3.63) is 0 Å². The first-order chi connectivity index (χ1) is 6.69. The van der Waals surface area contributed by atoms with E-state index >= 15 is 0 Å². The van der Waals surface area contributed by atoms with Crippen molar-refractivity contribution in [2.45, 2.75) is 38.1 Å². The van der Waals surface area contributed by atoms with Gasteiger partial charge in [-0.15, -0.1) is 0 Å². The minimum Gasteiger partial charge on any atom is -0.380 e. The summed E-state index contributed by atoms with van der Waals surface area (Å²) in [5.74, 6) is -0.0188. The fourth-order valence-corrected chi connectivity index (χ4v) is 1.79. The van der Waals surface area contributed by atoms with Crippen LogP contribution in [0.25, 0.3) is 0 Å². The molecular weight excluding hydrogens is 180 g/mol. The summed E-state index contributed by atoms with van der Waals surface area (Å²) < 4.78 is 5.12. The summed E-state index contributed by atoms with van der Waals surface area (Å²) in [6.07, 6.45) is 3.76. The number of carbonyl (C=O) groups is 1. The smallest absolute Gasteiger partial charge is 0.240 e. The molecular formula is C10H20N2O2. The molecule has 1 saturated carbocycles. The molecule has 1 amide bonds. The molecule has 0 heterocycles. The third kappa shape index (κ3) is 2.96. The van der Waals surface area contributed by atoms with Gasteiger partial charge in [-0.3, -0.25) is 4.79 Å². The van der Waals surface area contributed by atoms with Gasteiger partial charge in [0, 0.05) is 13.2 Å². The van der Waals surface area contributed by atoms with E-state index in [1.165, 1.54) is 0 Å². The molecule has 1 rings (SSSR count). The zero-order valence-electron chi connectivity index (χ0n) is 8.84. The van der Waals surface area contributed by atoms with Crippen molar-refractivity contribution in [2.24, 2.45) is 5.73 Å². The third-order valence-corrected chi connectivity index (χ3v) is 2.68. The molecule has 1 fully saturated rings. The maximum Gasteiger partial charge on any atom is 0.240 e. The Balaban J connectivity index is 2.20. The number of carbonyl (C=O) groups excluding carboxylic acids is 1. The van der Waals surface area contributed by atoms with Gasteiger partial charge in [0.2, 0.25) is 5.91 Å². The van der Waals surface area contributed by atoms with Crippen molar-refractivity contribution in [1.29, 1.82) is 0 Å². The molecule has 4 heteroatoms. The number of rotatable bonds is 5.